The number of hydrogen-bond acceptors (Lipinski definition) is 6. The van der Waals surface area contributed by atoms with Crippen molar-refractivity contribution >= 4 is 27.7 Å². The van der Waals surface area contributed by atoms with Crippen molar-refractivity contribution in [3.8, 4) is 11.4 Å². The van der Waals surface area contributed by atoms with Crippen LogP contribution in [0.25, 0.3) is 11.4 Å². The number of aromatic nitrogens is 4. The van der Waals surface area contributed by atoms with Crippen LogP contribution in [0, 0.1) is 5.41 Å². The van der Waals surface area contributed by atoms with Crippen LogP contribution in [0.3, 0.4) is 0 Å². The molecule has 1 aromatic carbocycles. The van der Waals surface area contributed by atoms with Crippen molar-refractivity contribution in [3.63, 3.8) is 0 Å². The van der Waals surface area contributed by atoms with E-state index >= 15 is 0 Å². The Morgan fingerprint density at radius 2 is 2.00 bits per heavy atom. The van der Waals surface area contributed by atoms with E-state index in [0.717, 1.165) is 15.6 Å². The number of carbonyl (C=O) groups is 1. The highest BCUT2D eigenvalue weighted by molar-refractivity contribution is 9.10. The molecule has 142 valence electrons. The van der Waals surface area contributed by atoms with Gasteiger partial charge >= 0.3 is 0 Å². The summed E-state index contributed by atoms with van der Waals surface area (Å²) in [5, 5.41) is 15.3. The quantitative estimate of drug-likeness (QED) is 0.478. The molecule has 0 aliphatic heterocycles. The Balaban J connectivity index is 1.90. The predicted octanol–water partition coefficient (Wildman–Crippen LogP) is 2.06. The molecule has 0 spiro atoms. The molecule has 9 heteroatoms. The zero-order valence-electron chi connectivity index (χ0n) is 15.3. The Labute approximate surface area is 170 Å². The molecule has 2 N–H and O–H groups in total. The van der Waals surface area contributed by atoms with Crippen LogP contribution in [-0.4, -0.2) is 45.6 Å². The molecule has 8 nitrogen and oxygen atoms in total. The second kappa shape index (κ2) is 8.66. The monoisotopic (exact) mass is 439 g/mol. The number of amides is 1. The van der Waals surface area contributed by atoms with Gasteiger partial charge in [0.05, 0.1) is 4.47 Å². The molecule has 0 saturated carbocycles. The van der Waals surface area contributed by atoms with Gasteiger partial charge in [-0.1, -0.05) is 18.2 Å². The van der Waals surface area contributed by atoms with E-state index in [9.17, 15) is 4.79 Å². The van der Waals surface area contributed by atoms with Crippen molar-refractivity contribution in [2.24, 2.45) is 4.99 Å². The molecule has 2 heterocycles. The number of hydrogen-bond donors (Lipinski definition) is 2. The van der Waals surface area contributed by atoms with Crippen molar-refractivity contribution in [2.75, 3.05) is 14.1 Å². The Kier molecular flexibility index (Phi) is 6.05. The van der Waals surface area contributed by atoms with Crippen molar-refractivity contribution in [3.05, 3.63) is 70.0 Å². The average Bonchev–Trinajstić information content (AvgIpc) is 2.73. The van der Waals surface area contributed by atoms with Crippen LogP contribution in [0.4, 0.5) is 0 Å². The molecule has 0 saturated heterocycles. The SMILES string of the molecule is C/N=c1/ccc(C(=O)NC)nn1C(=N)Cc1cccc(-c2ncc(Br)cn2)c1. The van der Waals surface area contributed by atoms with Gasteiger partial charge in [0.15, 0.2) is 11.3 Å². The van der Waals surface area contributed by atoms with Crippen molar-refractivity contribution < 1.29 is 4.79 Å². The summed E-state index contributed by atoms with van der Waals surface area (Å²) in [6.07, 6.45) is 3.69. The van der Waals surface area contributed by atoms with Crippen LogP contribution < -0.4 is 10.8 Å². The fourth-order valence-electron chi connectivity index (χ4n) is 2.58. The molecule has 0 aliphatic rings. The highest BCUT2D eigenvalue weighted by Gasteiger charge is 2.11. The number of benzene rings is 1. The van der Waals surface area contributed by atoms with Crippen LogP contribution in [0.1, 0.15) is 16.1 Å². The highest BCUT2D eigenvalue weighted by atomic mass is 79.9. The van der Waals surface area contributed by atoms with Crippen LogP contribution in [0.15, 0.2) is 58.3 Å². The number of rotatable bonds is 4. The molecule has 0 fully saturated rings. The summed E-state index contributed by atoms with van der Waals surface area (Å²) < 4.78 is 2.18. The summed E-state index contributed by atoms with van der Waals surface area (Å²) in [6.45, 7) is 0. The summed E-state index contributed by atoms with van der Waals surface area (Å²) in [5.41, 5.74) is 2.47. The van der Waals surface area contributed by atoms with Gasteiger partial charge in [-0.15, -0.1) is 0 Å². The van der Waals surface area contributed by atoms with Crippen LogP contribution in [-0.2, 0) is 6.42 Å². The molecule has 2 aromatic heterocycles. The zero-order chi connectivity index (χ0) is 20.1. The lowest BCUT2D eigenvalue weighted by Crippen LogP contribution is -2.33. The first-order valence-electron chi connectivity index (χ1n) is 8.41. The van der Waals surface area contributed by atoms with Gasteiger partial charge in [0.1, 0.15) is 11.5 Å². The van der Waals surface area contributed by atoms with Gasteiger partial charge in [0.2, 0.25) is 0 Å². The van der Waals surface area contributed by atoms with Crippen LogP contribution >= 0.6 is 15.9 Å². The predicted molar refractivity (Wildman–Crippen MR) is 109 cm³/mol. The lowest BCUT2D eigenvalue weighted by molar-refractivity contribution is 0.0956. The van der Waals surface area contributed by atoms with E-state index in [1.165, 1.54) is 11.7 Å². The third-order valence-corrected chi connectivity index (χ3v) is 4.35. The molecule has 28 heavy (non-hydrogen) atoms. The molecule has 0 aliphatic carbocycles. The average molecular weight is 440 g/mol. The maximum absolute atomic E-state index is 11.9. The van der Waals surface area contributed by atoms with Gasteiger partial charge in [-0.05, 0) is 39.7 Å². The Morgan fingerprint density at radius 3 is 2.68 bits per heavy atom. The van der Waals surface area contributed by atoms with E-state index in [4.69, 9.17) is 5.41 Å². The molecule has 1 amide bonds. The molecule has 3 rings (SSSR count). The van der Waals surface area contributed by atoms with Gasteiger partial charge in [0, 0.05) is 38.5 Å². The summed E-state index contributed by atoms with van der Waals surface area (Å²) in [5.74, 6) is 0.479. The van der Waals surface area contributed by atoms with E-state index in [0.29, 0.717) is 17.7 Å². The standard InChI is InChI=1S/C19H18BrN7O/c1-22-17-7-6-15(19(28)23-2)26-27(17)16(21)9-12-4-3-5-13(8-12)18-24-10-14(20)11-25-18/h3-8,10-11,21H,9H2,1-2H3,(H,23,28)/b21-16?,22-17-. The van der Waals surface area contributed by atoms with Crippen LogP contribution in [0.5, 0.6) is 0 Å². The first kappa shape index (κ1) is 19.6. The summed E-state index contributed by atoms with van der Waals surface area (Å²) in [7, 11) is 3.15. The van der Waals surface area contributed by atoms with Gasteiger partial charge in [-0.2, -0.15) is 5.10 Å². The number of nitrogens with zero attached hydrogens (tertiary/aromatic N) is 5. The molecule has 0 bridgehead atoms. The van der Waals surface area contributed by atoms with Crippen molar-refractivity contribution in [2.45, 2.75) is 6.42 Å². The minimum atomic E-state index is -0.321. The third kappa shape index (κ3) is 4.37. The van der Waals surface area contributed by atoms with Crippen molar-refractivity contribution in [1.29, 1.82) is 5.41 Å². The van der Waals surface area contributed by atoms with Gasteiger partial charge in [-0.25, -0.2) is 14.6 Å². The molecule has 0 radical (unpaired) electrons. The summed E-state index contributed by atoms with van der Waals surface area (Å²) in [6, 6.07) is 10.9. The maximum Gasteiger partial charge on any atom is 0.271 e. The molecule has 0 atom stereocenters. The smallest absolute Gasteiger partial charge is 0.271 e. The van der Waals surface area contributed by atoms with E-state index in [1.807, 2.05) is 24.3 Å². The Morgan fingerprint density at radius 1 is 1.25 bits per heavy atom. The number of halogens is 1. The minimum Gasteiger partial charge on any atom is -0.354 e. The highest BCUT2D eigenvalue weighted by Crippen LogP contribution is 2.18. The van der Waals surface area contributed by atoms with E-state index in [2.05, 4.69) is 41.3 Å². The topological polar surface area (TPSA) is 109 Å². The largest absolute Gasteiger partial charge is 0.354 e. The summed E-state index contributed by atoms with van der Waals surface area (Å²) >= 11 is 3.33. The first-order chi connectivity index (χ1) is 13.5. The lowest BCUT2D eigenvalue weighted by atomic mass is 10.1. The van der Waals surface area contributed by atoms with Crippen molar-refractivity contribution in [1.82, 2.24) is 25.1 Å². The molecule has 3 aromatic rings. The normalized spacial score (nSPS) is 11.3. The molecular weight excluding hydrogens is 422 g/mol. The fraction of sp³-hybridized carbons (Fsp3) is 0.158. The van der Waals surface area contributed by atoms with E-state index in [-0.39, 0.29) is 17.4 Å². The maximum atomic E-state index is 11.9. The fourth-order valence-corrected chi connectivity index (χ4v) is 2.79. The third-order valence-electron chi connectivity index (χ3n) is 3.94. The Hall–Kier alpha value is -3.20. The van der Waals surface area contributed by atoms with Gasteiger partial charge < -0.3 is 5.32 Å². The minimum absolute atomic E-state index is 0.195. The zero-order valence-corrected chi connectivity index (χ0v) is 16.9. The van der Waals surface area contributed by atoms with E-state index in [1.54, 1.807) is 31.6 Å². The van der Waals surface area contributed by atoms with E-state index < -0.39 is 0 Å². The second-order valence-electron chi connectivity index (χ2n) is 5.84. The first-order valence-corrected chi connectivity index (χ1v) is 9.21. The van der Waals surface area contributed by atoms with Gasteiger partial charge in [-0.3, -0.25) is 15.2 Å². The lowest BCUT2D eigenvalue weighted by Gasteiger charge is -2.10. The second-order valence-corrected chi connectivity index (χ2v) is 6.76. The molecular formula is C19H18BrN7O. The van der Waals surface area contributed by atoms with Gasteiger partial charge in [0.25, 0.3) is 5.91 Å². The molecule has 0 unspecified atom stereocenters. The number of carbonyl (C=O) groups excluding carboxylic acids is 1. The Bertz CT molecular complexity index is 1090. The van der Waals surface area contributed by atoms with Crippen LogP contribution in [0.2, 0.25) is 0 Å². The summed E-state index contributed by atoms with van der Waals surface area (Å²) in [4.78, 5) is 24.6. The number of nitrogens with one attached hydrogen (secondary N) is 2.